The van der Waals surface area contributed by atoms with Crippen molar-refractivity contribution in [3.8, 4) is 0 Å². The van der Waals surface area contributed by atoms with E-state index < -0.39 is 5.54 Å². The van der Waals surface area contributed by atoms with Gasteiger partial charge in [-0.2, -0.15) is 0 Å². The van der Waals surface area contributed by atoms with Crippen molar-refractivity contribution in [2.45, 2.75) is 50.2 Å². The molecule has 0 bridgehead atoms. The number of hydrogen-bond acceptors (Lipinski definition) is 3. The molecule has 1 atom stereocenters. The van der Waals surface area contributed by atoms with Crippen LogP contribution in [0.1, 0.15) is 49.3 Å². The predicted octanol–water partition coefficient (Wildman–Crippen LogP) is 2.11. The lowest BCUT2D eigenvalue weighted by Gasteiger charge is -2.30. The Balaban J connectivity index is 1.66. The van der Waals surface area contributed by atoms with Crippen molar-refractivity contribution >= 4 is 5.91 Å². The molecule has 3 rings (SSSR count). The summed E-state index contributed by atoms with van der Waals surface area (Å²) in [7, 11) is 0. The van der Waals surface area contributed by atoms with E-state index >= 15 is 0 Å². The molecule has 21 heavy (non-hydrogen) atoms. The maximum Gasteiger partial charge on any atom is 0.223 e. The highest BCUT2D eigenvalue weighted by Crippen LogP contribution is 2.32. The van der Waals surface area contributed by atoms with E-state index in [-0.39, 0.29) is 18.6 Å². The summed E-state index contributed by atoms with van der Waals surface area (Å²) in [5.74, 6) is -0.0207. The molecule has 0 radical (unpaired) electrons. The maximum absolute atomic E-state index is 12.3. The Hall–Kier alpha value is -1.39. The minimum atomic E-state index is -0.398. The molecule has 4 heteroatoms. The molecule has 4 nitrogen and oxygen atoms in total. The molecule has 1 saturated carbocycles. The first-order valence-electron chi connectivity index (χ1n) is 7.84. The van der Waals surface area contributed by atoms with Crippen LogP contribution in [-0.4, -0.2) is 29.8 Å². The second kappa shape index (κ2) is 6.16. The van der Waals surface area contributed by atoms with Crippen molar-refractivity contribution in [1.29, 1.82) is 0 Å². The molecule has 1 aliphatic carbocycles. The Kier molecular flexibility index (Phi) is 4.27. The zero-order valence-corrected chi connectivity index (χ0v) is 12.3. The van der Waals surface area contributed by atoms with Crippen molar-refractivity contribution in [2.75, 3.05) is 13.2 Å². The number of carbonyl (C=O) groups is 1. The van der Waals surface area contributed by atoms with E-state index in [1.54, 1.807) is 0 Å². The van der Waals surface area contributed by atoms with Crippen LogP contribution in [0.15, 0.2) is 24.3 Å². The van der Waals surface area contributed by atoms with Gasteiger partial charge in [0, 0.05) is 0 Å². The fourth-order valence-corrected chi connectivity index (χ4v) is 3.54. The van der Waals surface area contributed by atoms with Gasteiger partial charge in [0.15, 0.2) is 0 Å². The summed E-state index contributed by atoms with van der Waals surface area (Å²) in [6, 6.07) is 8.17. The Labute approximate surface area is 125 Å². The van der Waals surface area contributed by atoms with Gasteiger partial charge in [-0.15, -0.1) is 0 Å². The molecule has 1 fully saturated rings. The van der Waals surface area contributed by atoms with Gasteiger partial charge in [0.2, 0.25) is 5.91 Å². The molecule has 1 amide bonds. The van der Waals surface area contributed by atoms with E-state index in [0.29, 0.717) is 13.0 Å². The molecule has 114 valence electrons. The summed E-state index contributed by atoms with van der Waals surface area (Å²) in [6.45, 7) is 0.695. The molecule has 0 aromatic heterocycles. The smallest absolute Gasteiger partial charge is 0.223 e. The van der Waals surface area contributed by atoms with Gasteiger partial charge in [0.25, 0.3) is 0 Å². The fourth-order valence-electron chi connectivity index (χ4n) is 3.54. The van der Waals surface area contributed by atoms with E-state index in [0.717, 1.165) is 37.7 Å². The Morgan fingerprint density at radius 1 is 1.33 bits per heavy atom. The van der Waals surface area contributed by atoms with Crippen LogP contribution in [0.5, 0.6) is 0 Å². The lowest BCUT2D eigenvalue weighted by molar-refractivity contribution is -0.127. The normalized spacial score (nSPS) is 23.6. The average Bonchev–Trinajstić information content (AvgIpc) is 2.96. The molecule has 0 saturated heterocycles. The molecular formula is C17H23NO3. The highest BCUT2D eigenvalue weighted by atomic mass is 16.5. The number of fused-ring (bicyclic) bond motifs is 1. The van der Waals surface area contributed by atoms with Gasteiger partial charge in [0.05, 0.1) is 31.3 Å². The number of carbonyl (C=O) groups excluding carboxylic acids is 1. The quantitative estimate of drug-likeness (QED) is 0.892. The van der Waals surface area contributed by atoms with E-state index in [9.17, 15) is 9.90 Å². The molecular weight excluding hydrogens is 266 g/mol. The van der Waals surface area contributed by atoms with Crippen LogP contribution < -0.4 is 5.32 Å². The zero-order valence-electron chi connectivity index (χ0n) is 12.3. The number of aliphatic hydroxyl groups is 1. The van der Waals surface area contributed by atoms with Crippen molar-refractivity contribution < 1.29 is 14.6 Å². The van der Waals surface area contributed by atoms with Gasteiger partial charge < -0.3 is 15.2 Å². The first-order chi connectivity index (χ1) is 10.2. The second-order valence-corrected chi connectivity index (χ2v) is 6.21. The monoisotopic (exact) mass is 289 g/mol. The van der Waals surface area contributed by atoms with Crippen LogP contribution in [0.2, 0.25) is 0 Å². The molecule has 1 heterocycles. The number of aliphatic hydroxyl groups excluding tert-OH is 1. The highest BCUT2D eigenvalue weighted by molar-refractivity contribution is 5.77. The lowest BCUT2D eigenvalue weighted by Crippen LogP contribution is -2.49. The van der Waals surface area contributed by atoms with Crippen LogP contribution in [-0.2, 0) is 16.0 Å². The van der Waals surface area contributed by atoms with E-state index in [2.05, 4.69) is 11.4 Å². The third-order valence-electron chi connectivity index (χ3n) is 4.73. The standard InChI is InChI=1S/C17H23NO3/c19-12-17(8-3-4-9-17)18-16(20)11-15-14-6-2-1-5-13(14)7-10-21-15/h1-2,5-6,15,19H,3-4,7-12H2,(H,18,20). The zero-order chi connectivity index (χ0) is 14.7. The predicted molar refractivity (Wildman–Crippen MR) is 79.9 cm³/mol. The van der Waals surface area contributed by atoms with Crippen molar-refractivity contribution in [3.05, 3.63) is 35.4 Å². The molecule has 1 aromatic rings. The first kappa shape index (κ1) is 14.5. The van der Waals surface area contributed by atoms with Crippen LogP contribution in [0.4, 0.5) is 0 Å². The van der Waals surface area contributed by atoms with Crippen LogP contribution in [0.25, 0.3) is 0 Å². The van der Waals surface area contributed by atoms with Crippen LogP contribution in [0, 0.1) is 0 Å². The third-order valence-corrected chi connectivity index (χ3v) is 4.73. The minimum absolute atomic E-state index is 0.0207. The van der Waals surface area contributed by atoms with Crippen molar-refractivity contribution in [2.24, 2.45) is 0 Å². The van der Waals surface area contributed by atoms with Crippen LogP contribution in [0.3, 0.4) is 0 Å². The first-order valence-corrected chi connectivity index (χ1v) is 7.84. The number of ether oxygens (including phenoxy) is 1. The second-order valence-electron chi connectivity index (χ2n) is 6.21. The van der Waals surface area contributed by atoms with E-state index in [4.69, 9.17) is 4.74 Å². The molecule has 2 N–H and O–H groups in total. The Bertz CT molecular complexity index is 509. The summed E-state index contributed by atoms with van der Waals surface area (Å²) in [5.41, 5.74) is 2.01. The maximum atomic E-state index is 12.3. The number of hydrogen-bond donors (Lipinski definition) is 2. The number of amides is 1. The third kappa shape index (κ3) is 3.11. The van der Waals surface area contributed by atoms with E-state index in [1.807, 2.05) is 18.2 Å². The fraction of sp³-hybridized carbons (Fsp3) is 0.588. The summed E-state index contributed by atoms with van der Waals surface area (Å²) in [5, 5.41) is 12.6. The van der Waals surface area contributed by atoms with Gasteiger partial charge in [-0.3, -0.25) is 4.79 Å². The van der Waals surface area contributed by atoms with Crippen LogP contribution >= 0.6 is 0 Å². The highest BCUT2D eigenvalue weighted by Gasteiger charge is 2.35. The lowest BCUT2D eigenvalue weighted by atomic mass is 9.94. The summed E-state index contributed by atoms with van der Waals surface area (Å²) >= 11 is 0. The SMILES string of the molecule is O=C(CC1OCCc2ccccc21)NC1(CO)CCCC1. The Morgan fingerprint density at radius 3 is 2.86 bits per heavy atom. The van der Waals surface area contributed by atoms with Gasteiger partial charge in [-0.25, -0.2) is 0 Å². The van der Waals surface area contributed by atoms with Crippen molar-refractivity contribution in [3.63, 3.8) is 0 Å². The number of benzene rings is 1. The minimum Gasteiger partial charge on any atom is -0.394 e. The topological polar surface area (TPSA) is 58.6 Å². The largest absolute Gasteiger partial charge is 0.394 e. The van der Waals surface area contributed by atoms with Crippen molar-refractivity contribution in [1.82, 2.24) is 5.32 Å². The number of rotatable bonds is 4. The van der Waals surface area contributed by atoms with Gasteiger partial charge in [-0.1, -0.05) is 37.1 Å². The van der Waals surface area contributed by atoms with Gasteiger partial charge in [-0.05, 0) is 30.4 Å². The molecule has 0 spiro atoms. The van der Waals surface area contributed by atoms with Gasteiger partial charge >= 0.3 is 0 Å². The molecule has 1 aliphatic heterocycles. The summed E-state index contributed by atoms with van der Waals surface area (Å²) in [4.78, 5) is 12.3. The molecule has 2 aliphatic rings. The van der Waals surface area contributed by atoms with Gasteiger partial charge in [0.1, 0.15) is 0 Å². The molecule has 1 aromatic carbocycles. The summed E-state index contributed by atoms with van der Waals surface area (Å²) in [6.07, 6.45) is 4.97. The van der Waals surface area contributed by atoms with E-state index in [1.165, 1.54) is 5.56 Å². The summed E-state index contributed by atoms with van der Waals surface area (Å²) < 4.78 is 5.78. The molecule has 1 unspecified atom stereocenters. The average molecular weight is 289 g/mol. The Morgan fingerprint density at radius 2 is 2.10 bits per heavy atom. The number of nitrogens with one attached hydrogen (secondary N) is 1.